The van der Waals surface area contributed by atoms with Crippen molar-refractivity contribution in [2.45, 2.75) is 53.6 Å². The summed E-state index contributed by atoms with van der Waals surface area (Å²) in [5.74, 6) is -0.00906. The molecule has 2 rings (SSSR count). The Morgan fingerprint density at radius 1 is 1.09 bits per heavy atom. The summed E-state index contributed by atoms with van der Waals surface area (Å²) in [5, 5.41) is 3.07. The maximum absolute atomic E-state index is 12.6. The van der Waals surface area contributed by atoms with Gasteiger partial charge in [-0.15, -0.1) is 0 Å². The van der Waals surface area contributed by atoms with Gasteiger partial charge in [-0.3, -0.25) is 4.79 Å². The van der Waals surface area contributed by atoms with Gasteiger partial charge < -0.3 is 9.88 Å². The molecule has 0 spiro atoms. The van der Waals surface area contributed by atoms with Gasteiger partial charge in [0.25, 0.3) is 5.91 Å². The second-order valence-corrected chi connectivity index (χ2v) is 7.09. The maximum Gasteiger partial charge on any atom is 0.268 e. The minimum Gasteiger partial charge on any atom is -0.346 e. The Labute approximate surface area is 133 Å². The minimum atomic E-state index is -0.240. The van der Waals surface area contributed by atoms with Crippen molar-refractivity contribution in [3.05, 3.63) is 58.4 Å². The first-order valence-electron chi connectivity index (χ1n) is 7.72. The smallest absolute Gasteiger partial charge is 0.268 e. The van der Waals surface area contributed by atoms with E-state index in [2.05, 4.69) is 54.1 Å². The van der Waals surface area contributed by atoms with E-state index in [0.717, 1.165) is 17.0 Å². The number of hydrogen-bond donors (Lipinski definition) is 1. The number of aromatic nitrogens is 1. The van der Waals surface area contributed by atoms with Gasteiger partial charge in [0.1, 0.15) is 5.69 Å². The van der Waals surface area contributed by atoms with Crippen LogP contribution in [0.2, 0.25) is 0 Å². The highest BCUT2D eigenvalue weighted by atomic mass is 16.2. The molecule has 3 nitrogen and oxygen atoms in total. The quantitative estimate of drug-likeness (QED) is 0.913. The van der Waals surface area contributed by atoms with Gasteiger partial charge in [0.2, 0.25) is 0 Å². The van der Waals surface area contributed by atoms with Gasteiger partial charge >= 0.3 is 0 Å². The van der Waals surface area contributed by atoms with Gasteiger partial charge in [-0.1, -0.05) is 29.8 Å². The van der Waals surface area contributed by atoms with Crippen molar-refractivity contribution in [1.29, 1.82) is 0 Å². The lowest BCUT2D eigenvalue weighted by atomic mass is 10.1. The molecule has 0 saturated carbocycles. The van der Waals surface area contributed by atoms with E-state index in [1.54, 1.807) is 0 Å². The third kappa shape index (κ3) is 3.79. The summed E-state index contributed by atoms with van der Waals surface area (Å²) in [6.45, 7) is 12.8. The number of rotatable bonds is 3. The number of hydrogen-bond acceptors (Lipinski definition) is 1. The number of aryl methyl sites for hydroxylation is 3. The Balaban J connectivity index is 2.35. The molecule has 1 amide bonds. The van der Waals surface area contributed by atoms with Gasteiger partial charge in [0, 0.05) is 17.8 Å². The van der Waals surface area contributed by atoms with Crippen LogP contribution in [-0.2, 0) is 6.54 Å². The van der Waals surface area contributed by atoms with Gasteiger partial charge in [-0.25, -0.2) is 0 Å². The van der Waals surface area contributed by atoms with Crippen molar-refractivity contribution >= 4 is 5.91 Å². The SMILES string of the molecule is Cc1ccc(Cn2c(C)cc(C)c2C(=O)NC(C)(C)C)cc1. The normalized spacial score (nSPS) is 11.5. The molecule has 0 atom stereocenters. The molecule has 118 valence electrons. The fourth-order valence-corrected chi connectivity index (χ4v) is 2.63. The number of nitrogens with zero attached hydrogens (tertiary/aromatic N) is 1. The first kappa shape index (κ1) is 16.3. The zero-order valence-electron chi connectivity index (χ0n) is 14.4. The topological polar surface area (TPSA) is 34.0 Å². The number of benzene rings is 1. The molecule has 3 heteroatoms. The molecule has 1 N–H and O–H groups in total. The molecular weight excluding hydrogens is 272 g/mol. The molecule has 0 saturated heterocycles. The zero-order chi connectivity index (χ0) is 16.5. The van der Waals surface area contributed by atoms with E-state index in [-0.39, 0.29) is 11.4 Å². The van der Waals surface area contributed by atoms with E-state index >= 15 is 0 Å². The van der Waals surface area contributed by atoms with E-state index in [4.69, 9.17) is 0 Å². The summed E-state index contributed by atoms with van der Waals surface area (Å²) in [6, 6.07) is 10.5. The van der Waals surface area contributed by atoms with E-state index in [1.807, 2.05) is 27.7 Å². The fourth-order valence-electron chi connectivity index (χ4n) is 2.63. The lowest BCUT2D eigenvalue weighted by Crippen LogP contribution is -2.41. The van der Waals surface area contributed by atoms with Crippen LogP contribution in [0.25, 0.3) is 0 Å². The summed E-state index contributed by atoms with van der Waals surface area (Å²) in [6.07, 6.45) is 0. The van der Waals surface area contributed by atoms with E-state index in [9.17, 15) is 4.79 Å². The number of carbonyl (C=O) groups excluding carboxylic acids is 1. The molecule has 0 fully saturated rings. The van der Waals surface area contributed by atoms with Crippen LogP contribution in [-0.4, -0.2) is 16.0 Å². The van der Waals surface area contributed by atoms with Crippen molar-refractivity contribution in [2.24, 2.45) is 0 Å². The highest BCUT2D eigenvalue weighted by Gasteiger charge is 2.21. The summed E-state index contributed by atoms with van der Waals surface area (Å²) in [5.41, 5.74) is 5.09. The van der Waals surface area contributed by atoms with Gasteiger partial charge in [-0.2, -0.15) is 0 Å². The van der Waals surface area contributed by atoms with Crippen LogP contribution in [0.1, 0.15) is 53.6 Å². The summed E-state index contributed by atoms with van der Waals surface area (Å²) < 4.78 is 2.10. The molecule has 1 aromatic carbocycles. The van der Waals surface area contributed by atoms with E-state index in [0.29, 0.717) is 6.54 Å². The molecule has 22 heavy (non-hydrogen) atoms. The molecule has 1 aromatic heterocycles. The minimum absolute atomic E-state index is 0.00906. The van der Waals surface area contributed by atoms with Gasteiger partial charge in [0.15, 0.2) is 0 Å². The van der Waals surface area contributed by atoms with Crippen molar-refractivity contribution in [2.75, 3.05) is 0 Å². The van der Waals surface area contributed by atoms with E-state index < -0.39 is 0 Å². The van der Waals surface area contributed by atoms with Crippen molar-refractivity contribution in [1.82, 2.24) is 9.88 Å². The molecule has 0 aliphatic rings. The number of carbonyl (C=O) groups is 1. The Morgan fingerprint density at radius 3 is 2.23 bits per heavy atom. The molecule has 2 aromatic rings. The third-order valence-electron chi connectivity index (χ3n) is 3.66. The molecule has 0 aliphatic heterocycles. The first-order valence-corrected chi connectivity index (χ1v) is 7.72. The molecule has 0 aliphatic carbocycles. The monoisotopic (exact) mass is 298 g/mol. The second-order valence-electron chi connectivity index (χ2n) is 7.09. The van der Waals surface area contributed by atoms with Crippen LogP contribution in [0, 0.1) is 20.8 Å². The third-order valence-corrected chi connectivity index (χ3v) is 3.66. The van der Waals surface area contributed by atoms with Crippen LogP contribution >= 0.6 is 0 Å². The highest BCUT2D eigenvalue weighted by Crippen LogP contribution is 2.18. The lowest BCUT2D eigenvalue weighted by molar-refractivity contribution is 0.0909. The zero-order valence-corrected chi connectivity index (χ0v) is 14.4. The number of nitrogens with one attached hydrogen (secondary N) is 1. The largest absolute Gasteiger partial charge is 0.346 e. The van der Waals surface area contributed by atoms with E-state index in [1.165, 1.54) is 11.1 Å². The first-order chi connectivity index (χ1) is 10.2. The Kier molecular flexibility index (Phi) is 4.45. The summed E-state index contributed by atoms with van der Waals surface area (Å²) >= 11 is 0. The highest BCUT2D eigenvalue weighted by molar-refractivity contribution is 5.94. The molecule has 1 heterocycles. The van der Waals surface area contributed by atoms with Crippen LogP contribution in [0.4, 0.5) is 0 Å². The predicted octanol–water partition coefficient (Wildman–Crippen LogP) is 3.99. The summed E-state index contributed by atoms with van der Waals surface area (Å²) in [7, 11) is 0. The maximum atomic E-state index is 12.6. The average molecular weight is 298 g/mol. The van der Waals surface area contributed by atoms with Crippen molar-refractivity contribution in [3.63, 3.8) is 0 Å². The second kappa shape index (κ2) is 5.99. The van der Waals surface area contributed by atoms with Crippen LogP contribution < -0.4 is 5.32 Å². The van der Waals surface area contributed by atoms with Gasteiger partial charge in [-0.05, 0) is 58.7 Å². The van der Waals surface area contributed by atoms with Crippen LogP contribution in [0.5, 0.6) is 0 Å². The molecule has 0 unspecified atom stereocenters. The van der Waals surface area contributed by atoms with Crippen molar-refractivity contribution in [3.8, 4) is 0 Å². The Bertz CT molecular complexity index is 673. The number of amides is 1. The summed E-state index contributed by atoms with van der Waals surface area (Å²) in [4.78, 5) is 12.6. The fraction of sp³-hybridized carbons (Fsp3) is 0.421. The van der Waals surface area contributed by atoms with Crippen LogP contribution in [0.3, 0.4) is 0 Å². The Hall–Kier alpha value is -2.03. The average Bonchev–Trinajstić information content (AvgIpc) is 2.65. The van der Waals surface area contributed by atoms with Crippen LogP contribution in [0.15, 0.2) is 30.3 Å². The standard InChI is InChI=1S/C19H26N2O/c1-13-7-9-16(10-8-13)12-21-15(3)11-14(2)17(21)18(22)20-19(4,5)6/h7-11H,12H2,1-6H3,(H,20,22). The predicted molar refractivity (Wildman–Crippen MR) is 91.4 cm³/mol. The lowest BCUT2D eigenvalue weighted by Gasteiger charge is -2.22. The molecule has 0 bridgehead atoms. The Morgan fingerprint density at radius 2 is 1.68 bits per heavy atom. The van der Waals surface area contributed by atoms with Gasteiger partial charge in [0.05, 0.1) is 0 Å². The molecule has 0 radical (unpaired) electrons. The van der Waals surface area contributed by atoms with Crippen molar-refractivity contribution < 1.29 is 4.79 Å². The molecular formula is C19H26N2O.